The van der Waals surface area contributed by atoms with Crippen LogP contribution in [0.2, 0.25) is 18.1 Å². The number of aromatic nitrogens is 2. The SMILES string of the molecule is COc1cc(C)ccc1C(=O)c1c(-n2cccc2CCC(C)(C)[Si](C)(C)O)ccn1S(=O)(=O)c1ccc(C)cc1. The van der Waals surface area contributed by atoms with E-state index in [-0.39, 0.29) is 21.2 Å². The van der Waals surface area contributed by atoms with Gasteiger partial charge in [0, 0.05) is 18.1 Å². The fourth-order valence-electron chi connectivity index (χ4n) is 4.55. The van der Waals surface area contributed by atoms with Crippen LogP contribution in [-0.4, -0.2) is 43.0 Å². The van der Waals surface area contributed by atoms with Gasteiger partial charge in [-0.15, -0.1) is 0 Å². The molecule has 0 radical (unpaired) electrons. The Morgan fingerprint density at radius 3 is 2.25 bits per heavy atom. The molecular weight excluding hydrogens is 541 g/mol. The maximum atomic E-state index is 14.2. The van der Waals surface area contributed by atoms with E-state index in [1.807, 2.05) is 49.8 Å². The molecular formula is C31H38N2O5SSi. The quantitative estimate of drug-likeness (QED) is 0.177. The van der Waals surface area contributed by atoms with Crippen molar-refractivity contribution >= 4 is 24.1 Å². The molecule has 0 saturated heterocycles. The van der Waals surface area contributed by atoms with E-state index in [1.165, 1.54) is 13.3 Å². The number of hydrogen-bond acceptors (Lipinski definition) is 5. The molecule has 0 aliphatic rings. The predicted octanol–water partition coefficient (Wildman–Crippen LogP) is 6.28. The van der Waals surface area contributed by atoms with Crippen molar-refractivity contribution in [3.05, 3.63) is 101 Å². The van der Waals surface area contributed by atoms with E-state index >= 15 is 0 Å². The lowest BCUT2D eigenvalue weighted by Gasteiger charge is -2.35. The minimum absolute atomic E-state index is 0.0244. The second kappa shape index (κ2) is 10.9. The molecule has 2 aromatic carbocycles. The molecule has 0 aliphatic carbocycles. The number of hydrogen-bond donors (Lipinski definition) is 1. The minimum Gasteiger partial charge on any atom is -0.496 e. The Morgan fingerprint density at radius 1 is 0.975 bits per heavy atom. The molecule has 4 rings (SSSR count). The number of nitrogens with zero attached hydrogens (tertiary/aromatic N) is 2. The van der Waals surface area contributed by atoms with Crippen LogP contribution in [0.5, 0.6) is 5.75 Å². The summed E-state index contributed by atoms with van der Waals surface area (Å²) >= 11 is 0. The molecule has 0 amide bonds. The van der Waals surface area contributed by atoms with Crippen LogP contribution in [0.3, 0.4) is 0 Å². The summed E-state index contributed by atoms with van der Waals surface area (Å²) in [6.45, 7) is 11.8. The molecule has 9 heteroatoms. The summed E-state index contributed by atoms with van der Waals surface area (Å²) in [7, 11) is -5.02. The molecule has 1 N–H and O–H groups in total. The van der Waals surface area contributed by atoms with Crippen molar-refractivity contribution in [1.82, 2.24) is 8.54 Å². The van der Waals surface area contributed by atoms with Gasteiger partial charge in [0.05, 0.1) is 23.3 Å². The molecule has 7 nitrogen and oxygen atoms in total. The van der Waals surface area contributed by atoms with E-state index in [1.54, 1.807) is 48.5 Å². The third-order valence-corrected chi connectivity index (χ3v) is 13.2. The van der Waals surface area contributed by atoms with Crippen molar-refractivity contribution < 1.29 is 22.7 Å². The van der Waals surface area contributed by atoms with Crippen molar-refractivity contribution in [1.29, 1.82) is 0 Å². The zero-order valence-electron chi connectivity index (χ0n) is 24.2. The third-order valence-electron chi connectivity index (χ3n) is 7.98. The van der Waals surface area contributed by atoms with Gasteiger partial charge in [0.1, 0.15) is 11.4 Å². The number of carbonyl (C=O) groups is 1. The topological polar surface area (TPSA) is 90.5 Å². The van der Waals surface area contributed by atoms with Crippen LogP contribution in [0.1, 0.15) is 53.1 Å². The second-order valence-electron chi connectivity index (χ2n) is 11.5. The summed E-state index contributed by atoms with van der Waals surface area (Å²) < 4.78 is 36.3. The zero-order valence-corrected chi connectivity index (χ0v) is 26.0. The summed E-state index contributed by atoms with van der Waals surface area (Å²) in [6, 6.07) is 17.3. The fraction of sp³-hybridized carbons (Fsp3) is 0.323. The van der Waals surface area contributed by atoms with Gasteiger partial charge in [0.15, 0.2) is 8.32 Å². The summed E-state index contributed by atoms with van der Waals surface area (Å²) in [5.74, 6) is -0.0857. The number of benzene rings is 2. The van der Waals surface area contributed by atoms with Gasteiger partial charge in [-0.2, -0.15) is 0 Å². The van der Waals surface area contributed by atoms with E-state index in [4.69, 9.17) is 4.74 Å². The number of ketones is 1. The smallest absolute Gasteiger partial charge is 0.268 e. The standard InChI is InChI=1S/C31H38N2O5SSi/c1-22-10-13-25(14-11-22)39(35,36)33-20-17-27(29(33)30(34)26-15-12-23(2)21-28(26)38-5)32-19-8-9-24(32)16-18-31(3,4)40(6,7)37/h8-15,17,19-21,37H,16,18H2,1-7H3. The molecule has 0 unspecified atom stereocenters. The maximum absolute atomic E-state index is 14.2. The van der Waals surface area contributed by atoms with Crippen LogP contribution >= 0.6 is 0 Å². The summed E-state index contributed by atoms with van der Waals surface area (Å²) in [4.78, 5) is 25.1. The normalized spacial score (nSPS) is 12.5. The average molecular weight is 579 g/mol. The minimum atomic E-state index is -4.09. The highest BCUT2D eigenvalue weighted by Gasteiger charge is 2.38. The van der Waals surface area contributed by atoms with Gasteiger partial charge >= 0.3 is 0 Å². The molecule has 2 aromatic heterocycles. The van der Waals surface area contributed by atoms with Gasteiger partial charge in [-0.05, 0) is 92.8 Å². The molecule has 0 aliphatic heterocycles. The Balaban J connectivity index is 1.89. The highest BCUT2D eigenvalue weighted by molar-refractivity contribution is 7.90. The van der Waals surface area contributed by atoms with Crippen LogP contribution < -0.4 is 4.74 Å². The molecule has 40 heavy (non-hydrogen) atoms. The third kappa shape index (κ3) is 5.59. The molecule has 2 heterocycles. The Hall–Kier alpha value is -3.40. The van der Waals surface area contributed by atoms with Gasteiger partial charge in [0.25, 0.3) is 10.0 Å². The summed E-state index contributed by atoms with van der Waals surface area (Å²) in [5, 5.41) is -0.239. The molecule has 0 spiro atoms. The number of rotatable bonds is 10. The first-order chi connectivity index (χ1) is 18.7. The lowest BCUT2D eigenvalue weighted by atomic mass is 10.0. The molecule has 0 atom stereocenters. The van der Waals surface area contributed by atoms with E-state index in [2.05, 4.69) is 13.8 Å². The Kier molecular flexibility index (Phi) is 8.04. The van der Waals surface area contributed by atoms with Crippen LogP contribution in [0.15, 0.2) is 78.0 Å². The van der Waals surface area contributed by atoms with Gasteiger partial charge in [-0.1, -0.05) is 37.6 Å². The van der Waals surface area contributed by atoms with Crippen LogP contribution in [0, 0.1) is 13.8 Å². The highest BCUT2D eigenvalue weighted by atomic mass is 32.2. The van der Waals surface area contributed by atoms with Gasteiger partial charge in [-0.3, -0.25) is 4.79 Å². The zero-order chi connectivity index (χ0) is 29.5. The molecule has 0 fully saturated rings. The number of aryl methyl sites for hydroxylation is 3. The predicted molar refractivity (Wildman–Crippen MR) is 161 cm³/mol. The Morgan fingerprint density at radius 2 is 1.62 bits per heavy atom. The first kappa shape index (κ1) is 29.6. The van der Waals surface area contributed by atoms with Gasteiger partial charge in [-0.25, -0.2) is 12.4 Å². The second-order valence-corrected chi connectivity index (χ2v) is 17.8. The van der Waals surface area contributed by atoms with Crippen LogP contribution in [-0.2, 0) is 16.4 Å². The van der Waals surface area contributed by atoms with Crippen molar-refractivity contribution in [3.8, 4) is 11.4 Å². The molecule has 0 bridgehead atoms. The summed E-state index contributed by atoms with van der Waals surface area (Å²) in [5.41, 5.74) is 3.53. The van der Waals surface area contributed by atoms with Crippen LogP contribution in [0.25, 0.3) is 5.69 Å². The van der Waals surface area contributed by atoms with Crippen molar-refractivity contribution in [2.24, 2.45) is 0 Å². The first-order valence-corrected chi connectivity index (χ1v) is 17.7. The Bertz CT molecular complexity index is 1640. The fourth-order valence-corrected chi connectivity index (χ4v) is 6.64. The van der Waals surface area contributed by atoms with Crippen LogP contribution in [0.4, 0.5) is 0 Å². The monoisotopic (exact) mass is 578 g/mol. The average Bonchev–Trinajstić information content (AvgIpc) is 3.54. The number of ether oxygens (including phenoxy) is 1. The molecule has 0 saturated carbocycles. The first-order valence-electron chi connectivity index (χ1n) is 13.3. The van der Waals surface area contributed by atoms with Crippen molar-refractivity contribution in [3.63, 3.8) is 0 Å². The van der Waals surface area contributed by atoms with Gasteiger partial charge < -0.3 is 14.1 Å². The Labute approximate surface area is 238 Å². The lowest BCUT2D eigenvalue weighted by molar-refractivity contribution is 0.103. The highest BCUT2D eigenvalue weighted by Crippen LogP contribution is 2.40. The molecule has 4 aromatic rings. The maximum Gasteiger partial charge on any atom is 0.268 e. The van der Waals surface area contributed by atoms with E-state index in [0.29, 0.717) is 17.9 Å². The van der Waals surface area contributed by atoms with Crippen molar-refractivity contribution in [2.75, 3.05) is 7.11 Å². The lowest BCUT2D eigenvalue weighted by Crippen LogP contribution is -2.39. The number of carbonyl (C=O) groups excluding carboxylic acids is 1. The van der Waals surface area contributed by atoms with E-state index < -0.39 is 24.1 Å². The van der Waals surface area contributed by atoms with E-state index in [9.17, 15) is 18.0 Å². The molecule has 212 valence electrons. The largest absolute Gasteiger partial charge is 0.496 e. The summed E-state index contributed by atoms with van der Waals surface area (Å²) in [6.07, 6.45) is 4.67. The van der Waals surface area contributed by atoms with Crippen molar-refractivity contribution in [2.45, 2.75) is 63.6 Å². The van der Waals surface area contributed by atoms with E-state index in [0.717, 1.165) is 27.2 Å². The number of methoxy groups -OCH3 is 1. The van der Waals surface area contributed by atoms with Gasteiger partial charge in [0.2, 0.25) is 5.78 Å².